The Morgan fingerprint density at radius 1 is 1.44 bits per heavy atom. The Morgan fingerprint density at radius 2 is 2.11 bits per heavy atom. The lowest BCUT2D eigenvalue weighted by Gasteiger charge is -2.08. The van der Waals surface area contributed by atoms with E-state index in [-0.39, 0.29) is 0 Å². The van der Waals surface area contributed by atoms with Gasteiger partial charge in [0.2, 0.25) is 0 Å². The van der Waals surface area contributed by atoms with Gasteiger partial charge < -0.3 is 10.4 Å². The lowest BCUT2D eigenvalue weighted by molar-refractivity contribution is 0.251. The van der Waals surface area contributed by atoms with Gasteiger partial charge in [0.05, 0.1) is 6.61 Å². The summed E-state index contributed by atoms with van der Waals surface area (Å²) >= 11 is 0. The quantitative estimate of drug-likeness (QED) is 0.569. The van der Waals surface area contributed by atoms with E-state index in [2.05, 4.69) is 12.2 Å². The van der Waals surface area contributed by atoms with E-state index >= 15 is 0 Å². The fraction of sp³-hybridized carbons (Fsp3) is 1.00. The number of rotatable bonds is 2. The summed E-state index contributed by atoms with van der Waals surface area (Å²) in [5, 5.41) is 12.1. The molecule has 0 saturated carbocycles. The van der Waals surface area contributed by atoms with E-state index in [0.717, 1.165) is 6.42 Å². The molecule has 1 fully saturated rings. The minimum absolute atomic E-state index is 0.302. The Bertz CT molecular complexity index is 75.0. The number of hydrogen-bond acceptors (Lipinski definition) is 2. The highest BCUT2D eigenvalue weighted by Crippen LogP contribution is 2.13. The van der Waals surface area contributed by atoms with Crippen molar-refractivity contribution >= 4 is 0 Å². The summed E-state index contributed by atoms with van der Waals surface area (Å²) in [7, 11) is 0. The fourth-order valence-electron chi connectivity index (χ4n) is 1.37. The minimum Gasteiger partial charge on any atom is -0.395 e. The minimum atomic E-state index is 0.302. The molecule has 1 aliphatic rings. The van der Waals surface area contributed by atoms with Crippen LogP contribution >= 0.6 is 0 Å². The van der Waals surface area contributed by atoms with Crippen LogP contribution in [0.25, 0.3) is 0 Å². The van der Waals surface area contributed by atoms with Crippen LogP contribution in [0.5, 0.6) is 0 Å². The maximum absolute atomic E-state index is 8.72. The third kappa shape index (κ3) is 1.66. The second kappa shape index (κ2) is 3.18. The molecule has 1 rings (SSSR count). The highest BCUT2D eigenvalue weighted by atomic mass is 16.3. The molecular weight excluding hydrogens is 114 g/mol. The van der Waals surface area contributed by atoms with Crippen molar-refractivity contribution in [2.45, 2.75) is 38.3 Å². The van der Waals surface area contributed by atoms with E-state index in [1.54, 1.807) is 0 Å². The average molecular weight is 129 g/mol. The summed E-state index contributed by atoms with van der Waals surface area (Å²) in [6, 6.07) is 1.05. The van der Waals surface area contributed by atoms with Crippen molar-refractivity contribution in [1.29, 1.82) is 0 Å². The predicted octanol–water partition coefficient (Wildman–Crippen LogP) is 0.509. The Balaban J connectivity index is 2.20. The van der Waals surface area contributed by atoms with Crippen LogP contribution < -0.4 is 5.32 Å². The van der Waals surface area contributed by atoms with Crippen molar-refractivity contribution in [3.05, 3.63) is 0 Å². The average Bonchev–Trinajstić information content (AvgIpc) is 2.34. The first-order chi connectivity index (χ1) is 4.36. The summed E-state index contributed by atoms with van der Waals surface area (Å²) in [5.41, 5.74) is 0. The van der Waals surface area contributed by atoms with E-state index in [4.69, 9.17) is 5.11 Å². The van der Waals surface area contributed by atoms with Gasteiger partial charge in [0.1, 0.15) is 0 Å². The van der Waals surface area contributed by atoms with Crippen LogP contribution in [0.3, 0.4) is 0 Å². The van der Waals surface area contributed by atoms with Crippen molar-refractivity contribution in [2.75, 3.05) is 6.61 Å². The highest BCUT2D eigenvalue weighted by molar-refractivity contribution is 4.81. The van der Waals surface area contributed by atoms with Crippen LogP contribution in [0.2, 0.25) is 0 Å². The normalized spacial score (nSPS) is 35.3. The first kappa shape index (κ1) is 7.03. The number of nitrogens with one attached hydrogen (secondary N) is 1. The zero-order valence-electron chi connectivity index (χ0n) is 5.93. The van der Waals surface area contributed by atoms with Crippen molar-refractivity contribution < 1.29 is 5.11 Å². The van der Waals surface area contributed by atoms with Gasteiger partial charge in [-0.05, 0) is 19.3 Å². The van der Waals surface area contributed by atoms with Crippen LogP contribution in [0, 0.1) is 0 Å². The summed E-state index contributed by atoms with van der Waals surface area (Å²) in [6.45, 7) is 2.48. The lowest BCUT2D eigenvalue weighted by atomic mass is 10.2. The van der Waals surface area contributed by atoms with Gasteiger partial charge in [-0.2, -0.15) is 0 Å². The first-order valence-electron chi connectivity index (χ1n) is 3.73. The Hall–Kier alpha value is -0.0800. The van der Waals surface area contributed by atoms with Crippen LogP contribution in [-0.4, -0.2) is 23.8 Å². The monoisotopic (exact) mass is 129 g/mol. The summed E-state index contributed by atoms with van der Waals surface area (Å²) in [4.78, 5) is 0. The van der Waals surface area contributed by atoms with Crippen LogP contribution in [0.1, 0.15) is 26.2 Å². The van der Waals surface area contributed by atoms with Gasteiger partial charge in [-0.25, -0.2) is 0 Å². The summed E-state index contributed by atoms with van der Waals surface area (Å²) < 4.78 is 0. The Morgan fingerprint density at radius 3 is 2.44 bits per heavy atom. The van der Waals surface area contributed by atoms with Gasteiger partial charge in [-0.15, -0.1) is 0 Å². The van der Waals surface area contributed by atoms with Gasteiger partial charge in [-0.3, -0.25) is 0 Å². The second-order valence-electron chi connectivity index (χ2n) is 2.73. The van der Waals surface area contributed by atoms with E-state index in [1.807, 2.05) is 0 Å². The second-order valence-corrected chi connectivity index (χ2v) is 2.73. The van der Waals surface area contributed by atoms with E-state index in [9.17, 15) is 0 Å². The first-order valence-corrected chi connectivity index (χ1v) is 3.73. The van der Waals surface area contributed by atoms with Crippen molar-refractivity contribution in [2.24, 2.45) is 0 Å². The molecule has 0 bridgehead atoms. The topological polar surface area (TPSA) is 32.3 Å². The maximum Gasteiger partial charge on any atom is 0.0584 e. The van der Waals surface area contributed by atoms with Crippen molar-refractivity contribution in [1.82, 2.24) is 5.32 Å². The Labute approximate surface area is 56.3 Å². The largest absolute Gasteiger partial charge is 0.395 e. The van der Waals surface area contributed by atoms with E-state index in [1.165, 1.54) is 12.8 Å². The molecule has 2 N–H and O–H groups in total. The van der Waals surface area contributed by atoms with Crippen LogP contribution in [0.4, 0.5) is 0 Å². The molecule has 9 heavy (non-hydrogen) atoms. The van der Waals surface area contributed by atoms with Gasteiger partial charge >= 0.3 is 0 Å². The number of aliphatic hydroxyl groups excluding tert-OH is 1. The van der Waals surface area contributed by atoms with E-state index in [0.29, 0.717) is 18.7 Å². The van der Waals surface area contributed by atoms with Gasteiger partial charge in [0, 0.05) is 12.1 Å². The van der Waals surface area contributed by atoms with Gasteiger partial charge in [0.25, 0.3) is 0 Å². The van der Waals surface area contributed by atoms with E-state index < -0.39 is 0 Å². The molecule has 2 nitrogen and oxygen atoms in total. The molecule has 1 saturated heterocycles. The van der Waals surface area contributed by atoms with Crippen LogP contribution in [-0.2, 0) is 0 Å². The molecule has 2 heteroatoms. The molecule has 0 aromatic carbocycles. The summed E-state index contributed by atoms with van der Waals surface area (Å²) in [5.74, 6) is 0. The molecule has 1 aliphatic heterocycles. The van der Waals surface area contributed by atoms with Gasteiger partial charge in [0.15, 0.2) is 0 Å². The number of aliphatic hydroxyl groups is 1. The summed E-state index contributed by atoms with van der Waals surface area (Å²) in [6.07, 6.45) is 3.58. The predicted molar refractivity (Wildman–Crippen MR) is 37.3 cm³/mol. The Kier molecular flexibility index (Phi) is 2.49. The molecule has 1 unspecified atom stereocenters. The molecule has 0 aromatic rings. The molecule has 0 aliphatic carbocycles. The van der Waals surface area contributed by atoms with Crippen molar-refractivity contribution in [3.8, 4) is 0 Å². The molecule has 0 amide bonds. The fourth-order valence-corrected chi connectivity index (χ4v) is 1.37. The molecule has 1 heterocycles. The van der Waals surface area contributed by atoms with Crippen molar-refractivity contribution in [3.63, 3.8) is 0 Å². The van der Waals surface area contributed by atoms with Crippen LogP contribution in [0.15, 0.2) is 0 Å². The SMILES string of the molecule is CCC1CC[C@@H](CO)N1. The third-order valence-electron chi connectivity index (χ3n) is 2.05. The molecule has 2 atom stereocenters. The molecular formula is C7H15NO. The molecule has 54 valence electrons. The standard InChI is InChI=1S/C7H15NO/c1-2-6-3-4-7(5-9)8-6/h6-9H,2-5H2,1H3/t6?,7-/m0/s1. The lowest BCUT2D eigenvalue weighted by Crippen LogP contribution is -2.31. The molecule has 0 spiro atoms. The molecule has 0 aromatic heterocycles. The zero-order valence-corrected chi connectivity index (χ0v) is 5.93. The number of hydrogen-bond donors (Lipinski definition) is 2. The molecule has 0 radical (unpaired) electrons. The smallest absolute Gasteiger partial charge is 0.0584 e. The maximum atomic E-state index is 8.72. The third-order valence-corrected chi connectivity index (χ3v) is 2.05. The zero-order chi connectivity index (χ0) is 6.69. The highest BCUT2D eigenvalue weighted by Gasteiger charge is 2.20. The van der Waals surface area contributed by atoms with Gasteiger partial charge in [-0.1, -0.05) is 6.92 Å².